The van der Waals surface area contributed by atoms with E-state index in [1.165, 1.54) is 41.9 Å². The second-order valence-corrected chi connectivity index (χ2v) is 10.5. The van der Waals surface area contributed by atoms with Crippen LogP contribution in [-0.4, -0.2) is 70.7 Å². The van der Waals surface area contributed by atoms with Crippen molar-refractivity contribution in [2.24, 2.45) is 7.05 Å². The van der Waals surface area contributed by atoms with Crippen LogP contribution in [0.25, 0.3) is 0 Å². The van der Waals surface area contributed by atoms with Crippen molar-refractivity contribution in [3.05, 3.63) is 33.7 Å². The molecule has 0 unspecified atom stereocenters. The zero-order valence-corrected chi connectivity index (χ0v) is 19.4. The van der Waals surface area contributed by atoms with Gasteiger partial charge in [-0.25, -0.2) is 4.79 Å². The van der Waals surface area contributed by atoms with Gasteiger partial charge in [0.1, 0.15) is 27.8 Å². The molecule has 2 aliphatic heterocycles. The molecule has 0 saturated carbocycles. The predicted octanol–water partition coefficient (Wildman–Crippen LogP) is 1.74. The highest BCUT2D eigenvalue weighted by molar-refractivity contribution is 8.01. The highest BCUT2D eigenvalue weighted by Crippen LogP contribution is 2.42. The largest absolute Gasteiger partial charge is 0.477 e. The number of thioether (sulfide) groups is 2. The van der Waals surface area contributed by atoms with Gasteiger partial charge < -0.3 is 10.4 Å². The average molecular weight is 521 g/mol. The van der Waals surface area contributed by atoms with Crippen molar-refractivity contribution in [1.82, 2.24) is 30.2 Å². The molecule has 4 rings (SSSR count). The number of alkyl halides is 3. The molecular formula is C17H15F3N6O4S3. The van der Waals surface area contributed by atoms with E-state index < -0.39 is 41.1 Å². The van der Waals surface area contributed by atoms with Crippen LogP contribution in [0.1, 0.15) is 21.2 Å². The van der Waals surface area contributed by atoms with Crippen LogP contribution in [0.15, 0.2) is 21.7 Å². The van der Waals surface area contributed by atoms with Gasteiger partial charge in [0, 0.05) is 24.6 Å². The number of hydrogen-bond donors (Lipinski definition) is 2. The Bertz CT molecular complexity index is 1180. The number of carboxylic acid groups (broad SMARTS) is 1. The lowest BCUT2D eigenvalue weighted by molar-refractivity contribution is -0.148. The molecule has 10 nitrogen and oxygen atoms in total. The van der Waals surface area contributed by atoms with Crippen LogP contribution in [0.3, 0.4) is 0 Å². The monoisotopic (exact) mass is 520 g/mol. The zero-order valence-electron chi connectivity index (χ0n) is 16.9. The quantitative estimate of drug-likeness (QED) is 0.432. The summed E-state index contributed by atoms with van der Waals surface area (Å²) in [5, 5.41) is 23.4. The summed E-state index contributed by atoms with van der Waals surface area (Å²) in [6.07, 6.45) is -4.72. The predicted molar refractivity (Wildman–Crippen MR) is 113 cm³/mol. The number of carboxylic acids is 1. The number of halogens is 3. The number of aromatic nitrogens is 4. The number of hydrogen-bond acceptors (Lipinski definition) is 9. The third kappa shape index (κ3) is 4.46. The maximum absolute atomic E-state index is 12.9. The Labute approximate surface area is 196 Å². The van der Waals surface area contributed by atoms with Crippen molar-refractivity contribution < 1.29 is 32.7 Å². The molecule has 2 aliphatic rings. The summed E-state index contributed by atoms with van der Waals surface area (Å²) < 4.78 is 40.0. The van der Waals surface area contributed by atoms with E-state index in [1.54, 1.807) is 6.92 Å². The Kier molecular flexibility index (Phi) is 6.17. The third-order valence-corrected chi connectivity index (χ3v) is 8.21. The van der Waals surface area contributed by atoms with Crippen LogP contribution in [0, 0.1) is 6.92 Å². The van der Waals surface area contributed by atoms with Gasteiger partial charge in [-0.1, -0.05) is 23.1 Å². The number of aliphatic carboxylic acids is 1. The summed E-state index contributed by atoms with van der Waals surface area (Å²) in [5.74, 6) is -2.23. The first-order chi connectivity index (χ1) is 15.5. The summed E-state index contributed by atoms with van der Waals surface area (Å²) in [6.45, 7) is 1.80. The van der Waals surface area contributed by atoms with E-state index >= 15 is 0 Å². The van der Waals surface area contributed by atoms with Crippen LogP contribution in [0.5, 0.6) is 0 Å². The Morgan fingerprint density at radius 1 is 1.36 bits per heavy atom. The minimum Gasteiger partial charge on any atom is -0.477 e. The van der Waals surface area contributed by atoms with Gasteiger partial charge in [0.25, 0.3) is 11.8 Å². The standard InChI is InChI=1S/C17H15F3N6O4S3/c1-6-22-23-16(33-6)32-5-7-4-31-14-10(13(28)26(14)11(7)15(29)30)21-12(27)8-3-9(17(18,19)20)24-25(8)2/h3,10,14H,4-5H2,1-2H3,(H,21,27)(H,29,30)/t10-,14+/m0/s1. The van der Waals surface area contributed by atoms with Crippen molar-refractivity contribution in [3.63, 3.8) is 0 Å². The fourth-order valence-electron chi connectivity index (χ4n) is 3.31. The number of aryl methyl sites for hydroxylation is 2. The molecular weight excluding hydrogens is 505 g/mol. The number of amides is 2. The van der Waals surface area contributed by atoms with Crippen molar-refractivity contribution in [1.29, 1.82) is 0 Å². The molecule has 2 aromatic heterocycles. The van der Waals surface area contributed by atoms with Gasteiger partial charge in [-0.05, 0) is 12.5 Å². The molecule has 0 aromatic carbocycles. The van der Waals surface area contributed by atoms with Crippen molar-refractivity contribution in [2.75, 3.05) is 11.5 Å². The van der Waals surface area contributed by atoms with Gasteiger partial charge in [-0.15, -0.1) is 22.0 Å². The summed E-state index contributed by atoms with van der Waals surface area (Å²) in [5.41, 5.74) is -1.22. The number of nitrogens with one attached hydrogen (secondary N) is 1. The van der Waals surface area contributed by atoms with E-state index in [2.05, 4.69) is 20.6 Å². The van der Waals surface area contributed by atoms with E-state index in [-0.39, 0.29) is 11.4 Å². The first-order valence-corrected chi connectivity index (χ1v) is 12.1. The summed E-state index contributed by atoms with van der Waals surface area (Å²) >= 11 is 3.95. The van der Waals surface area contributed by atoms with Crippen LogP contribution >= 0.6 is 34.9 Å². The van der Waals surface area contributed by atoms with E-state index in [1.807, 2.05) is 0 Å². The van der Waals surface area contributed by atoms with Crippen LogP contribution in [0.4, 0.5) is 13.2 Å². The lowest BCUT2D eigenvalue weighted by atomic mass is 10.0. The van der Waals surface area contributed by atoms with Gasteiger partial charge in [0.2, 0.25) is 0 Å². The molecule has 16 heteroatoms. The Morgan fingerprint density at radius 2 is 2.09 bits per heavy atom. The molecule has 1 saturated heterocycles. The first kappa shape index (κ1) is 23.6. The second kappa shape index (κ2) is 8.64. The zero-order chi connectivity index (χ0) is 24.1. The molecule has 4 heterocycles. The van der Waals surface area contributed by atoms with E-state index in [4.69, 9.17) is 0 Å². The maximum Gasteiger partial charge on any atom is 0.435 e. The highest BCUT2D eigenvalue weighted by atomic mass is 32.2. The Balaban J connectivity index is 1.48. The SMILES string of the molecule is Cc1nnc(SCC2=C(C(=O)O)N3C(=O)[C@H](NC(=O)c4cc(C(F)(F)F)nn4C)[C@H]3SC2)s1. The fraction of sp³-hybridized carbons (Fsp3) is 0.412. The third-order valence-electron chi connectivity index (χ3n) is 4.82. The van der Waals surface area contributed by atoms with Gasteiger partial charge >= 0.3 is 12.1 Å². The smallest absolute Gasteiger partial charge is 0.435 e. The topological polar surface area (TPSA) is 130 Å². The molecule has 2 N–H and O–H groups in total. The maximum atomic E-state index is 12.9. The number of rotatable bonds is 6. The van der Waals surface area contributed by atoms with E-state index in [0.29, 0.717) is 27.5 Å². The Hall–Kier alpha value is -2.59. The summed E-state index contributed by atoms with van der Waals surface area (Å²) in [7, 11) is 1.18. The number of β-lactam (4-membered cyclic amide) rings is 1. The molecule has 0 spiro atoms. The average Bonchev–Trinajstić information content (AvgIpc) is 3.34. The number of nitrogens with zero attached hydrogens (tertiary/aromatic N) is 5. The summed E-state index contributed by atoms with van der Waals surface area (Å²) in [6, 6.07) is -0.474. The van der Waals surface area contributed by atoms with Crippen LogP contribution in [-0.2, 0) is 22.8 Å². The van der Waals surface area contributed by atoms with E-state index in [0.717, 1.165) is 14.6 Å². The van der Waals surface area contributed by atoms with Crippen molar-refractivity contribution in [3.8, 4) is 0 Å². The van der Waals surface area contributed by atoms with E-state index in [9.17, 15) is 32.7 Å². The van der Waals surface area contributed by atoms with Gasteiger partial charge in [-0.3, -0.25) is 19.2 Å². The number of carbonyl (C=O) groups excluding carboxylic acids is 2. The molecule has 0 radical (unpaired) electrons. The van der Waals surface area contributed by atoms with Gasteiger partial charge in [0.05, 0.1) is 0 Å². The molecule has 0 aliphatic carbocycles. The molecule has 176 valence electrons. The highest BCUT2D eigenvalue weighted by Gasteiger charge is 2.54. The normalized spacial score (nSPS) is 20.5. The number of fused-ring (bicyclic) bond motifs is 1. The molecule has 33 heavy (non-hydrogen) atoms. The van der Waals surface area contributed by atoms with Crippen LogP contribution < -0.4 is 5.32 Å². The first-order valence-electron chi connectivity index (χ1n) is 9.22. The molecule has 1 fully saturated rings. The molecule has 0 bridgehead atoms. The Morgan fingerprint density at radius 3 is 2.67 bits per heavy atom. The van der Waals surface area contributed by atoms with Gasteiger partial charge in [-0.2, -0.15) is 18.3 Å². The van der Waals surface area contributed by atoms with Gasteiger partial charge in [0.15, 0.2) is 10.0 Å². The van der Waals surface area contributed by atoms with Crippen molar-refractivity contribution in [2.45, 2.75) is 28.9 Å². The lowest BCUT2D eigenvalue weighted by Crippen LogP contribution is -2.70. The van der Waals surface area contributed by atoms with Crippen LogP contribution in [0.2, 0.25) is 0 Å². The second-order valence-electron chi connectivity index (χ2n) is 7.03. The minimum absolute atomic E-state index is 0.150. The number of carbonyl (C=O) groups is 3. The lowest BCUT2D eigenvalue weighted by Gasteiger charge is -2.49. The van der Waals surface area contributed by atoms with Crippen molar-refractivity contribution >= 4 is 52.6 Å². The molecule has 2 amide bonds. The minimum atomic E-state index is -4.72. The summed E-state index contributed by atoms with van der Waals surface area (Å²) in [4.78, 5) is 38.2. The molecule has 2 aromatic rings. The molecule has 2 atom stereocenters. The fourth-order valence-corrected chi connectivity index (χ4v) is 6.61.